The summed E-state index contributed by atoms with van der Waals surface area (Å²) in [4.78, 5) is 70.5. The largest absolute Gasteiger partial charge is 0.481 e. The number of hydrogen-bond acceptors (Lipinski definition) is 7. The van der Waals surface area contributed by atoms with Crippen LogP contribution in [0.15, 0.2) is 0 Å². The van der Waals surface area contributed by atoms with E-state index in [0.717, 1.165) is 4.90 Å². The molecule has 0 radical (unpaired) electrons. The van der Waals surface area contributed by atoms with Gasteiger partial charge >= 0.3 is 33.1 Å². The number of rotatable bonds is 14. The van der Waals surface area contributed by atoms with Crippen molar-refractivity contribution in [2.45, 2.75) is 18.9 Å². The first-order valence-electron chi connectivity index (χ1n) is 7.32. The fraction of sp³-hybridized carbons (Fsp3) is 0.727. The fourth-order valence-electron chi connectivity index (χ4n) is 2.18. The summed E-state index contributed by atoms with van der Waals surface area (Å²) in [5.74, 6) is -4.31. The van der Waals surface area contributed by atoms with Crippen LogP contribution in [-0.4, -0.2) is 101 Å². The van der Waals surface area contributed by atoms with Gasteiger partial charge < -0.3 is 34.9 Å². The van der Waals surface area contributed by atoms with Gasteiger partial charge in [0.05, 0.1) is 12.8 Å². The quantitative estimate of drug-likeness (QED) is 0.150. The van der Waals surface area contributed by atoms with Gasteiger partial charge in [0.1, 0.15) is 18.6 Å². The van der Waals surface area contributed by atoms with Crippen molar-refractivity contribution in [1.82, 2.24) is 9.80 Å². The molecule has 0 fully saturated rings. The van der Waals surface area contributed by atoms with Crippen molar-refractivity contribution in [3.05, 3.63) is 0 Å². The Morgan fingerprint density at radius 3 is 1.59 bits per heavy atom. The lowest BCUT2D eigenvalue weighted by Crippen LogP contribution is -2.47. The smallest absolute Gasteiger partial charge is 0.339 e. The number of carboxylic acids is 3. The van der Waals surface area contributed by atoms with Crippen molar-refractivity contribution < 1.29 is 58.4 Å². The minimum Gasteiger partial charge on any atom is -0.481 e. The number of hydrogen-bond donors (Lipinski definition) is 7. The molecule has 0 bridgehead atoms. The van der Waals surface area contributed by atoms with Gasteiger partial charge in [-0.3, -0.25) is 33.3 Å². The lowest BCUT2D eigenvalue weighted by molar-refractivity contribution is -0.150. The van der Waals surface area contributed by atoms with Crippen LogP contribution in [0.25, 0.3) is 0 Å². The summed E-state index contributed by atoms with van der Waals surface area (Å²) in [7, 11) is -9.41. The highest BCUT2D eigenvalue weighted by atomic mass is 31.2. The van der Waals surface area contributed by atoms with Crippen molar-refractivity contribution >= 4 is 33.1 Å². The summed E-state index contributed by atoms with van der Waals surface area (Å²) in [6.07, 6.45) is -3.46. The van der Waals surface area contributed by atoms with Crippen LogP contribution in [0.1, 0.15) is 12.8 Å². The molecule has 14 nitrogen and oxygen atoms in total. The Bertz CT molecular complexity index is 605. The molecule has 0 aromatic rings. The van der Waals surface area contributed by atoms with E-state index in [2.05, 4.69) is 0 Å². The molecule has 0 aliphatic carbocycles. The zero-order valence-electron chi connectivity index (χ0n) is 14.0. The molecular formula is C11H22N2O12P2. The summed E-state index contributed by atoms with van der Waals surface area (Å²) >= 11 is 0. The average Bonchev–Trinajstić information content (AvgIpc) is 2.41. The third kappa shape index (κ3) is 13.4. The van der Waals surface area contributed by atoms with Crippen molar-refractivity contribution in [2.24, 2.45) is 0 Å². The van der Waals surface area contributed by atoms with Gasteiger partial charge in [0.2, 0.25) is 0 Å². The van der Waals surface area contributed by atoms with Crippen molar-refractivity contribution in [1.29, 1.82) is 0 Å². The van der Waals surface area contributed by atoms with Crippen molar-refractivity contribution in [3.8, 4) is 0 Å². The Hall–Kier alpha value is -1.37. The number of carboxylic acid groups (broad SMARTS) is 3. The topological polar surface area (TPSA) is 233 Å². The molecule has 0 saturated carbocycles. The molecular weight excluding hydrogens is 414 g/mol. The molecule has 158 valence electrons. The Morgan fingerprint density at radius 2 is 1.26 bits per heavy atom. The Kier molecular flexibility index (Phi) is 10.3. The molecule has 0 aliphatic heterocycles. The Balaban J connectivity index is 5.36. The highest BCUT2D eigenvalue weighted by molar-refractivity contribution is 7.52. The summed E-state index contributed by atoms with van der Waals surface area (Å²) in [5, 5.41) is 26.7. The molecule has 0 spiro atoms. The molecule has 0 aromatic carbocycles. The average molecular weight is 436 g/mol. The first-order chi connectivity index (χ1) is 12.1. The first kappa shape index (κ1) is 25.6. The predicted octanol–water partition coefficient (Wildman–Crippen LogP) is -1.74. The van der Waals surface area contributed by atoms with Gasteiger partial charge in [0.15, 0.2) is 0 Å². The van der Waals surface area contributed by atoms with Gasteiger partial charge in [0.25, 0.3) is 0 Å². The SMILES string of the molecule is O=C(O)CCN(CCN(CP(=O)(O)O)CP(=O)(O)O)C(CC(=O)O)C(=O)O. The molecule has 0 rings (SSSR count). The maximum Gasteiger partial charge on any atom is 0.339 e. The van der Waals surface area contributed by atoms with E-state index in [9.17, 15) is 28.6 Å². The van der Waals surface area contributed by atoms with Crippen molar-refractivity contribution in [2.75, 3.05) is 32.2 Å². The lowest BCUT2D eigenvalue weighted by Gasteiger charge is -2.30. The number of nitrogens with zero attached hydrogens (tertiary/aromatic N) is 2. The maximum absolute atomic E-state index is 11.3. The molecule has 1 unspecified atom stereocenters. The second-order valence-electron chi connectivity index (χ2n) is 5.64. The van der Waals surface area contributed by atoms with Crippen LogP contribution in [0.2, 0.25) is 0 Å². The molecule has 0 aliphatic rings. The van der Waals surface area contributed by atoms with E-state index < -0.39 is 77.6 Å². The highest BCUT2D eigenvalue weighted by Crippen LogP contribution is 2.40. The van der Waals surface area contributed by atoms with E-state index >= 15 is 0 Å². The molecule has 0 heterocycles. The molecule has 1 atom stereocenters. The summed E-state index contributed by atoms with van der Waals surface area (Å²) in [5.41, 5.74) is 0. The molecule has 27 heavy (non-hydrogen) atoms. The highest BCUT2D eigenvalue weighted by Gasteiger charge is 2.31. The Morgan fingerprint density at radius 1 is 0.778 bits per heavy atom. The van der Waals surface area contributed by atoms with Crippen LogP contribution in [0.5, 0.6) is 0 Å². The van der Waals surface area contributed by atoms with E-state index in [1.807, 2.05) is 0 Å². The molecule has 7 N–H and O–H groups in total. The van der Waals surface area contributed by atoms with Gasteiger partial charge in [-0.25, -0.2) is 0 Å². The van der Waals surface area contributed by atoms with Gasteiger partial charge in [0, 0.05) is 19.6 Å². The standard InChI is InChI=1S/C11H22N2O12P2/c14-9(15)1-2-13(8(11(18)19)5-10(16)17)4-3-12(6-26(20,21)22)7-27(23,24)25/h8H,1-7H2,(H,14,15)(H,16,17)(H,18,19)(H2,20,21,22)(H2,23,24,25). The summed E-state index contributed by atoms with van der Waals surface area (Å²) in [6, 6.07) is -1.63. The number of aliphatic carboxylic acids is 3. The zero-order valence-corrected chi connectivity index (χ0v) is 15.8. The van der Waals surface area contributed by atoms with E-state index in [1.165, 1.54) is 0 Å². The van der Waals surface area contributed by atoms with Gasteiger partial charge in [-0.15, -0.1) is 0 Å². The minimum atomic E-state index is -4.70. The third-order valence-corrected chi connectivity index (χ3v) is 4.72. The summed E-state index contributed by atoms with van der Waals surface area (Å²) < 4.78 is 22.2. The van der Waals surface area contributed by atoms with Gasteiger partial charge in [-0.1, -0.05) is 0 Å². The first-order valence-corrected chi connectivity index (χ1v) is 10.9. The van der Waals surface area contributed by atoms with Crippen LogP contribution in [0.3, 0.4) is 0 Å². The molecule has 16 heteroatoms. The van der Waals surface area contributed by atoms with Crippen LogP contribution < -0.4 is 0 Å². The van der Waals surface area contributed by atoms with Crippen LogP contribution in [0, 0.1) is 0 Å². The van der Waals surface area contributed by atoms with E-state index in [-0.39, 0.29) is 6.54 Å². The summed E-state index contributed by atoms with van der Waals surface area (Å²) in [6.45, 7) is -1.23. The van der Waals surface area contributed by atoms with Crippen LogP contribution in [-0.2, 0) is 23.5 Å². The Labute approximate surface area is 153 Å². The maximum atomic E-state index is 11.3. The second-order valence-corrected chi connectivity index (χ2v) is 8.86. The third-order valence-electron chi connectivity index (χ3n) is 3.18. The zero-order chi connectivity index (χ0) is 21.4. The van der Waals surface area contributed by atoms with E-state index in [1.54, 1.807) is 0 Å². The normalized spacial score (nSPS) is 13.7. The van der Waals surface area contributed by atoms with Crippen LogP contribution >= 0.6 is 15.2 Å². The second kappa shape index (κ2) is 10.8. The molecule has 0 aromatic heterocycles. The van der Waals surface area contributed by atoms with Crippen LogP contribution in [0.4, 0.5) is 0 Å². The monoisotopic (exact) mass is 436 g/mol. The van der Waals surface area contributed by atoms with Crippen molar-refractivity contribution in [3.63, 3.8) is 0 Å². The van der Waals surface area contributed by atoms with E-state index in [0.29, 0.717) is 4.90 Å². The lowest BCUT2D eigenvalue weighted by atomic mass is 10.1. The molecule has 0 amide bonds. The van der Waals surface area contributed by atoms with E-state index in [4.69, 9.17) is 29.8 Å². The van der Waals surface area contributed by atoms with Gasteiger partial charge in [-0.05, 0) is 0 Å². The molecule has 0 saturated heterocycles. The number of carbonyl (C=O) groups is 3. The fourth-order valence-corrected chi connectivity index (χ4v) is 3.86. The van der Waals surface area contributed by atoms with Gasteiger partial charge in [-0.2, -0.15) is 0 Å². The predicted molar refractivity (Wildman–Crippen MR) is 88.0 cm³/mol. The minimum absolute atomic E-state index is 0.390.